The van der Waals surface area contributed by atoms with Gasteiger partial charge in [-0.1, -0.05) is 12.1 Å². The van der Waals surface area contributed by atoms with Crippen molar-refractivity contribution in [1.29, 1.82) is 0 Å². The van der Waals surface area contributed by atoms with Gasteiger partial charge in [0.1, 0.15) is 5.75 Å². The Hall–Kier alpha value is -1.85. The van der Waals surface area contributed by atoms with E-state index in [9.17, 15) is 0 Å². The van der Waals surface area contributed by atoms with E-state index in [0.717, 1.165) is 50.7 Å². The lowest BCUT2D eigenvalue weighted by molar-refractivity contribution is 0.0678. The Balaban J connectivity index is 1.72. The zero-order valence-corrected chi connectivity index (χ0v) is 15.6. The molecule has 0 aliphatic carbocycles. The van der Waals surface area contributed by atoms with Crippen molar-refractivity contribution in [2.24, 2.45) is 0 Å². The lowest BCUT2D eigenvalue weighted by Crippen LogP contribution is -2.31. The topological polar surface area (TPSA) is 39.5 Å². The van der Waals surface area contributed by atoms with Crippen molar-refractivity contribution in [3.8, 4) is 5.75 Å². The average Bonchev–Trinajstić information content (AvgIpc) is 3.25. The maximum Gasteiger partial charge on any atom is 0.118 e. The minimum atomic E-state index is 0.347. The molecule has 1 aromatic carbocycles. The van der Waals surface area contributed by atoms with Gasteiger partial charge in [0.25, 0.3) is 0 Å². The summed E-state index contributed by atoms with van der Waals surface area (Å²) in [6, 6.07) is 8.34. The van der Waals surface area contributed by atoms with E-state index in [1.807, 2.05) is 16.8 Å². The number of nitrogens with zero attached hydrogens (tertiary/aromatic N) is 3. The van der Waals surface area contributed by atoms with Crippen LogP contribution in [0.3, 0.4) is 0 Å². The first-order valence-corrected chi connectivity index (χ1v) is 9.17. The highest BCUT2D eigenvalue weighted by atomic mass is 16.5. The molecular formula is C20H29N3O2. The number of benzene rings is 1. The van der Waals surface area contributed by atoms with Crippen LogP contribution in [0.4, 0.5) is 0 Å². The number of rotatable bonds is 8. The van der Waals surface area contributed by atoms with Gasteiger partial charge in [-0.3, -0.25) is 9.58 Å². The van der Waals surface area contributed by atoms with Gasteiger partial charge in [0.15, 0.2) is 0 Å². The van der Waals surface area contributed by atoms with Crippen LogP contribution in [0, 0.1) is 6.92 Å². The molecule has 2 aromatic rings. The molecule has 0 radical (unpaired) electrons. The highest BCUT2D eigenvalue weighted by Crippen LogP contribution is 2.19. The van der Waals surface area contributed by atoms with E-state index < -0.39 is 0 Å². The van der Waals surface area contributed by atoms with Crippen LogP contribution in [0.15, 0.2) is 30.5 Å². The Bertz CT molecular complexity index is 660. The minimum Gasteiger partial charge on any atom is -0.497 e. The molecule has 1 aromatic heterocycles. The monoisotopic (exact) mass is 343 g/mol. The maximum atomic E-state index is 5.87. The lowest BCUT2D eigenvalue weighted by atomic mass is 10.1. The molecule has 1 saturated heterocycles. The summed E-state index contributed by atoms with van der Waals surface area (Å²) in [5, 5.41) is 4.59. The lowest BCUT2D eigenvalue weighted by Gasteiger charge is -2.25. The summed E-state index contributed by atoms with van der Waals surface area (Å²) in [6.07, 6.45) is 4.85. The normalized spacial score (nSPS) is 17.4. The third-order valence-corrected chi connectivity index (χ3v) is 4.82. The molecule has 1 fully saturated rings. The van der Waals surface area contributed by atoms with Crippen molar-refractivity contribution >= 4 is 0 Å². The molecule has 1 atom stereocenters. The van der Waals surface area contributed by atoms with Gasteiger partial charge in [0.2, 0.25) is 0 Å². The van der Waals surface area contributed by atoms with E-state index in [-0.39, 0.29) is 0 Å². The van der Waals surface area contributed by atoms with E-state index in [2.05, 4.69) is 42.2 Å². The van der Waals surface area contributed by atoms with Gasteiger partial charge in [-0.05, 0) is 44.4 Å². The third-order valence-electron chi connectivity index (χ3n) is 4.82. The SMILES string of the molecule is CCn1cc(CN(Cc2ccc(OC)cc2)CC2CCCO2)c(C)n1. The minimum absolute atomic E-state index is 0.347. The van der Waals surface area contributed by atoms with Crippen LogP contribution in [0.1, 0.15) is 36.6 Å². The molecule has 25 heavy (non-hydrogen) atoms. The van der Waals surface area contributed by atoms with Crippen LogP contribution in [0.2, 0.25) is 0 Å². The van der Waals surface area contributed by atoms with Gasteiger partial charge in [-0.2, -0.15) is 5.10 Å². The molecule has 1 aliphatic heterocycles. The molecule has 0 N–H and O–H groups in total. The Morgan fingerprint density at radius 3 is 2.68 bits per heavy atom. The second-order valence-electron chi connectivity index (χ2n) is 6.75. The fraction of sp³-hybridized carbons (Fsp3) is 0.550. The summed E-state index contributed by atoms with van der Waals surface area (Å²) in [4.78, 5) is 2.47. The Labute approximate surface area is 150 Å². The molecule has 0 amide bonds. The van der Waals surface area contributed by atoms with Crippen LogP contribution in [0.25, 0.3) is 0 Å². The number of hydrogen-bond acceptors (Lipinski definition) is 4. The van der Waals surface area contributed by atoms with Crippen LogP contribution in [-0.4, -0.2) is 41.0 Å². The third kappa shape index (κ3) is 4.83. The van der Waals surface area contributed by atoms with Crippen molar-refractivity contribution in [2.75, 3.05) is 20.3 Å². The first-order chi connectivity index (χ1) is 12.2. The summed E-state index contributed by atoms with van der Waals surface area (Å²) >= 11 is 0. The van der Waals surface area contributed by atoms with Gasteiger partial charge >= 0.3 is 0 Å². The summed E-state index contributed by atoms with van der Waals surface area (Å²) in [7, 11) is 1.70. The van der Waals surface area contributed by atoms with Gasteiger partial charge in [-0.25, -0.2) is 0 Å². The predicted molar refractivity (Wildman–Crippen MR) is 98.7 cm³/mol. The molecule has 136 valence electrons. The second-order valence-corrected chi connectivity index (χ2v) is 6.75. The van der Waals surface area contributed by atoms with Crippen molar-refractivity contribution in [1.82, 2.24) is 14.7 Å². The number of hydrogen-bond donors (Lipinski definition) is 0. The van der Waals surface area contributed by atoms with Gasteiger partial charge in [0.05, 0.1) is 18.9 Å². The van der Waals surface area contributed by atoms with Gasteiger partial charge < -0.3 is 9.47 Å². The van der Waals surface area contributed by atoms with Crippen LogP contribution in [-0.2, 0) is 24.4 Å². The second kappa shape index (κ2) is 8.50. The fourth-order valence-corrected chi connectivity index (χ4v) is 3.37. The number of aryl methyl sites for hydroxylation is 2. The first kappa shape index (κ1) is 18.0. The zero-order valence-electron chi connectivity index (χ0n) is 15.6. The Morgan fingerprint density at radius 1 is 1.28 bits per heavy atom. The zero-order chi connectivity index (χ0) is 17.6. The summed E-state index contributed by atoms with van der Waals surface area (Å²) in [5.41, 5.74) is 3.71. The van der Waals surface area contributed by atoms with Crippen LogP contribution >= 0.6 is 0 Å². The maximum absolute atomic E-state index is 5.87. The first-order valence-electron chi connectivity index (χ1n) is 9.17. The van der Waals surface area contributed by atoms with Gasteiger partial charge in [0, 0.05) is 44.5 Å². The van der Waals surface area contributed by atoms with Crippen molar-refractivity contribution < 1.29 is 9.47 Å². The van der Waals surface area contributed by atoms with Crippen LogP contribution < -0.4 is 4.74 Å². The molecular weight excluding hydrogens is 314 g/mol. The average molecular weight is 343 g/mol. The molecule has 0 spiro atoms. The Kier molecular flexibility index (Phi) is 6.10. The molecule has 0 bridgehead atoms. The van der Waals surface area contributed by atoms with E-state index in [1.165, 1.54) is 17.5 Å². The van der Waals surface area contributed by atoms with E-state index in [1.54, 1.807) is 7.11 Å². The van der Waals surface area contributed by atoms with Crippen molar-refractivity contribution in [3.05, 3.63) is 47.3 Å². The molecule has 1 unspecified atom stereocenters. The summed E-state index contributed by atoms with van der Waals surface area (Å²) < 4.78 is 13.1. The van der Waals surface area contributed by atoms with Crippen molar-refractivity contribution in [2.45, 2.75) is 52.4 Å². The molecule has 5 nitrogen and oxygen atoms in total. The standard InChI is InChI=1S/C20H29N3O2/c1-4-23-14-18(16(2)21-23)13-22(15-20-6-5-11-25-20)12-17-7-9-19(24-3)10-8-17/h7-10,14,20H,4-6,11-13,15H2,1-3H3. The quantitative estimate of drug-likeness (QED) is 0.736. The Morgan fingerprint density at radius 2 is 2.08 bits per heavy atom. The number of aromatic nitrogens is 2. The van der Waals surface area contributed by atoms with E-state index in [4.69, 9.17) is 9.47 Å². The largest absolute Gasteiger partial charge is 0.497 e. The smallest absolute Gasteiger partial charge is 0.118 e. The van der Waals surface area contributed by atoms with Crippen molar-refractivity contribution in [3.63, 3.8) is 0 Å². The fourth-order valence-electron chi connectivity index (χ4n) is 3.37. The molecule has 5 heteroatoms. The predicted octanol–water partition coefficient (Wildman–Crippen LogP) is 3.40. The molecule has 0 saturated carbocycles. The highest BCUT2D eigenvalue weighted by molar-refractivity contribution is 5.27. The number of methoxy groups -OCH3 is 1. The number of ether oxygens (including phenoxy) is 2. The van der Waals surface area contributed by atoms with Crippen LogP contribution in [0.5, 0.6) is 5.75 Å². The van der Waals surface area contributed by atoms with E-state index in [0.29, 0.717) is 6.10 Å². The highest BCUT2D eigenvalue weighted by Gasteiger charge is 2.20. The summed E-state index contributed by atoms with van der Waals surface area (Å²) in [6.45, 7) is 8.79. The summed E-state index contributed by atoms with van der Waals surface area (Å²) in [5.74, 6) is 0.898. The molecule has 1 aliphatic rings. The molecule has 2 heterocycles. The van der Waals surface area contributed by atoms with E-state index >= 15 is 0 Å². The van der Waals surface area contributed by atoms with Gasteiger partial charge in [-0.15, -0.1) is 0 Å². The molecule has 3 rings (SSSR count).